The van der Waals surface area contributed by atoms with Gasteiger partial charge in [-0.3, -0.25) is 4.90 Å². The Hall–Kier alpha value is 0.0200. The van der Waals surface area contributed by atoms with E-state index in [1.54, 1.807) is 0 Å². The molecule has 0 rings (SSSR count). The second kappa shape index (κ2) is 4.78. The molecule has 0 amide bonds. The van der Waals surface area contributed by atoms with Gasteiger partial charge in [-0.15, -0.1) is 0 Å². The standard InChI is InChI=1S/C7H11Cl2N/c1-6(8)4-10(3)5-7(2)9/h1-2,4-5H2,3H3. The maximum Gasteiger partial charge on any atom is 0.0336 e. The molecule has 0 bridgehead atoms. The van der Waals surface area contributed by atoms with E-state index in [-0.39, 0.29) is 0 Å². The van der Waals surface area contributed by atoms with Gasteiger partial charge in [-0.05, 0) is 7.05 Å². The minimum absolute atomic E-state index is 0.611. The highest BCUT2D eigenvalue weighted by Crippen LogP contribution is 2.03. The van der Waals surface area contributed by atoms with Crippen molar-refractivity contribution < 1.29 is 0 Å². The summed E-state index contributed by atoms with van der Waals surface area (Å²) in [5.74, 6) is 0. The molecular weight excluding hydrogens is 169 g/mol. The Balaban J connectivity index is 3.53. The second-order valence-electron chi connectivity index (χ2n) is 2.21. The first-order valence-electron chi connectivity index (χ1n) is 2.87. The first kappa shape index (κ1) is 10.0. The van der Waals surface area contributed by atoms with E-state index >= 15 is 0 Å². The second-order valence-corrected chi connectivity index (χ2v) is 3.28. The Morgan fingerprint density at radius 2 is 1.50 bits per heavy atom. The molecule has 0 aromatic carbocycles. The molecule has 0 unspecified atom stereocenters. The lowest BCUT2D eigenvalue weighted by Crippen LogP contribution is -2.20. The third kappa shape index (κ3) is 6.14. The predicted molar refractivity (Wildman–Crippen MR) is 47.5 cm³/mol. The van der Waals surface area contributed by atoms with Gasteiger partial charge < -0.3 is 0 Å². The summed E-state index contributed by atoms with van der Waals surface area (Å²) in [4.78, 5) is 1.94. The average Bonchev–Trinajstić information content (AvgIpc) is 1.58. The van der Waals surface area contributed by atoms with E-state index < -0.39 is 0 Å². The fourth-order valence-corrected chi connectivity index (χ4v) is 1.05. The molecule has 0 N–H and O–H groups in total. The highest BCUT2D eigenvalue weighted by Gasteiger charge is 1.98. The first-order valence-corrected chi connectivity index (χ1v) is 3.63. The third-order valence-corrected chi connectivity index (χ3v) is 1.12. The Kier molecular flexibility index (Phi) is 4.79. The molecular formula is C7H11Cl2N. The van der Waals surface area contributed by atoms with Gasteiger partial charge >= 0.3 is 0 Å². The fraction of sp³-hybridized carbons (Fsp3) is 0.429. The van der Waals surface area contributed by atoms with Crippen molar-refractivity contribution in [2.75, 3.05) is 20.1 Å². The highest BCUT2D eigenvalue weighted by molar-refractivity contribution is 6.30. The fourth-order valence-electron chi connectivity index (χ4n) is 0.642. The van der Waals surface area contributed by atoms with Crippen LogP contribution in [0, 0.1) is 0 Å². The number of nitrogens with zero attached hydrogens (tertiary/aromatic N) is 1. The Bertz CT molecular complexity index is 127. The van der Waals surface area contributed by atoms with Gasteiger partial charge in [0.05, 0.1) is 0 Å². The minimum atomic E-state index is 0.611. The zero-order chi connectivity index (χ0) is 8.15. The number of hydrogen-bond acceptors (Lipinski definition) is 1. The van der Waals surface area contributed by atoms with Crippen LogP contribution in [-0.2, 0) is 0 Å². The summed E-state index contributed by atoms with van der Waals surface area (Å²) < 4.78 is 0. The molecule has 0 saturated carbocycles. The van der Waals surface area contributed by atoms with Crippen molar-refractivity contribution >= 4 is 23.2 Å². The molecule has 10 heavy (non-hydrogen) atoms. The lowest BCUT2D eigenvalue weighted by Gasteiger charge is -2.13. The molecule has 58 valence electrons. The van der Waals surface area contributed by atoms with E-state index in [1.807, 2.05) is 11.9 Å². The lowest BCUT2D eigenvalue weighted by molar-refractivity contribution is 0.407. The lowest BCUT2D eigenvalue weighted by atomic mass is 10.5. The quantitative estimate of drug-likeness (QED) is 0.642. The molecule has 0 radical (unpaired) electrons. The maximum atomic E-state index is 5.55. The van der Waals surface area contributed by atoms with Gasteiger partial charge in [0, 0.05) is 23.2 Å². The van der Waals surface area contributed by atoms with Crippen LogP contribution in [-0.4, -0.2) is 25.0 Å². The smallest absolute Gasteiger partial charge is 0.0336 e. The molecule has 1 nitrogen and oxygen atoms in total. The van der Waals surface area contributed by atoms with Crippen LogP contribution in [0.25, 0.3) is 0 Å². The van der Waals surface area contributed by atoms with E-state index in [4.69, 9.17) is 23.2 Å². The molecule has 3 heteroatoms. The summed E-state index contributed by atoms with van der Waals surface area (Å²) in [6.45, 7) is 8.40. The Morgan fingerprint density at radius 3 is 1.70 bits per heavy atom. The van der Waals surface area contributed by atoms with E-state index in [1.165, 1.54) is 0 Å². The van der Waals surface area contributed by atoms with Crippen LogP contribution in [0.3, 0.4) is 0 Å². The molecule has 0 fully saturated rings. The summed E-state index contributed by atoms with van der Waals surface area (Å²) >= 11 is 11.1. The van der Waals surface area contributed by atoms with Crippen molar-refractivity contribution in [2.24, 2.45) is 0 Å². The molecule has 0 heterocycles. The van der Waals surface area contributed by atoms with E-state index in [0.29, 0.717) is 23.2 Å². The first-order chi connectivity index (χ1) is 4.52. The maximum absolute atomic E-state index is 5.55. The monoisotopic (exact) mass is 179 g/mol. The van der Waals surface area contributed by atoms with Gasteiger partial charge in [-0.1, -0.05) is 36.4 Å². The zero-order valence-electron chi connectivity index (χ0n) is 6.03. The van der Waals surface area contributed by atoms with Crippen molar-refractivity contribution in [3.05, 3.63) is 23.2 Å². The van der Waals surface area contributed by atoms with Gasteiger partial charge in [-0.25, -0.2) is 0 Å². The number of rotatable bonds is 4. The molecule has 0 aliphatic heterocycles. The Labute approximate surface area is 71.9 Å². The van der Waals surface area contributed by atoms with Crippen molar-refractivity contribution in [3.8, 4) is 0 Å². The van der Waals surface area contributed by atoms with Crippen LogP contribution >= 0.6 is 23.2 Å². The molecule has 0 aliphatic rings. The van der Waals surface area contributed by atoms with Gasteiger partial charge in [0.15, 0.2) is 0 Å². The van der Waals surface area contributed by atoms with Crippen LogP contribution < -0.4 is 0 Å². The van der Waals surface area contributed by atoms with Crippen molar-refractivity contribution in [1.29, 1.82) is 0 Å². The summed E-state index contributed by atoms with van der Waals surface area (Å²) in [7, 11) is 1.90. The summed E-state index contributed by atoms with van der Waals surface area (Å²) in [5, 5.41) is 1.22. The van der Waals surface area contributed by atoms with Gasteiger partial charge in [0.2, 0.25) is 0 Å². The van der Waals surface area contributed by atoms with Crippen LogP contribution in [0.5, 0.6) is 0 Å². The zero-order valence-corrected chi connectivity index (χ0v) is 7.54. The SMILES string of the molecule is C=C(Cl)CN(C)CC(=C)Cl. The predicted octanol–water partition coefficient (Wildman–Crippen LogP) is 2.42. The Morgan fingerprint density at radius 1 is 1.20 bits per heavy atom. The highest BCUT2D eigenvalue weighted by atomic mass is 35.5. The van der Waals surface area contributed by atoms with E-state index in [9.17, 15) is 0 Å². The molecule has 0 aromatic rings. The normalized spacial score (nSPS) is 10.0. The third-order valence-electron chi connectivity index (χ3n) is 0.883. The van der Waals surface area contributed by atoms with Crippen LogP contribution in [0.1, 0.15) is 0 Å². The molecule has 0 spiro atoms. The van der Waals surface area contributed by atoms with Crippen LogP contribution in [0.2, 0.25) is 0 Å². The van der Waals surface area contributed by atoms with E-state index in [0.717, 1.165) is 0 Å². The number of hydrogen-bond donors (Lipinski definition) is 0. The molecule has 0 aliphatic carbocycles. The summed E-state index contributed by atoms with van der Waals surface area (Å²) in [6.07, 6.45) is 0. The average molecular weight is 180 g/mol. The van der Waals surface area contributed by atoms with Crippen molar-refractivity contribution in [1.82, 2.24) is 4.90 Å². The minimum Gasteiger partial charge on any atom is -0.296 e. The van der Waals surface area contributed by atoms with Gasteiger partial charge in [-0.2, -0.15) is 0 Å². The van der Waals surface area contributed by atoms with Gasteiger partial charge in [0.25, 0.3) is 0 Å². The molecule has 0 saturated heterocycles. The topological polar surface area (TPSA) is 3.24 Å². The van der Waals surface area contributed by atoms with Crippen LogP contribution in [0.15, 0.2) is 23.2 Å². The molecule has 0 atom stereocenters. The van der Waals surface area contributed by atoms with Crippen LogP contribution in [0.4, 0.5) is 0 Å². The largest absolute Gasteiger partial charge is 0.296 e. The summed E-state index contributed by atoms with van der Waals surface area (Å²) in [6, 6.07) is 0. The molecule has 0 aromatic heterocycles. The number of likely N-dealkylation sites (N-methyl/N-ethyl adjacent to an activating group) is 1. The van der Waals surface area contributed by atoms with Crippen molar-refractivity contribution in [3.63, 3.8) is 0 Å². The number of halogens is 2. The van der Waals surface area contributed by atoms with Gasteiger partial charge in [0.1, 0.15) is 0 Å². The summed E-state index contributed by atoms with van der Waals surface area (Å²) in [5.41, 5.74) is 0. The van der Waals surface area contributed by atoms with E-state index in [2.05, 4.69) is 13.2 Å². The van der Waals surface area contributed by atoms with Crippen molar-refractivity contribution in [2.45, 2.75) is 0 Å².